The lowest BCUT2D eigenvalue weighted by Crippen LogP contribution is -2.25. The Hall–Kier alpha value is -1.16. The van der Waals surface area contributed by atoms with Crippen molar-refractivity contribution in [3.05, 3.63) is 29.8 Å². The van der Waals surface area contributed by atoms with E-state index in [0.717, 1.165) is 26.1 Å². The second-order valence-electron chi connectivity index (χ2n) is 4.23. The summed E-state index contributed by atoms with van der Waals surface area (Å²) in [6.45, 7) is 2.34. The number of anilines is 1. The van der Waals surface area contributed by atoms with Crippen molar-refractivity contribution in [1.82, 2.24) is 5.32 Å². The van der Waals surface area contributed by atoms with Crippen molar-refractivity contribution in [2.75, 3.05) is 31.6 Å². The van der Waals surface area contributed by atoms with Crippen LogP contribution in [0.1, 0.15) is 6.42 Å². The highest BCUT2D eigenvalue weighted by atomic mass is 19.1. The summed E-state index contributed by atoms with van der Waals surface area (Å²) in [7, 11) is 1.90. The molecule has 88 valence electrons. The van der Waals surface area contributed by atoms with E-state index in [2.05, 4.69) is 5.32 Å². The van der Waals surface area contributed by atoms with Gasteiger partial charge in [0.2, 0.25) is 0 Å². The van der Waals surface area contributed by atoms with Gasteiger partial charge in [0, 0.05) is 13.1 Å². The first-order chi connectivity index (χ1) is 7.72. The van der Waals surface area contributed by atoms with Gasteiger partial charge in [-0.3, -0.25) is 0 Å². The quantitative estimate of drug-likeness (QED) is 0.848. The molecule has 1 fully saturated rings. The number of para-hydroxylation sites is 1. The van der Waals surface area contributed by atoms with Crippen LogP contribution in [-0.4, -0.2) is 26.7 Å². The molecule has 4 heteroatoms. The molecule has 0 saturated carbocycles. The second kappa shape index (κ2) is 4.78. The minimum atomic E-state index is -0.467. The number of nitrogens with one attached hydrogen (secondary N) is 1. The molecule has 2 nitrogen and oxygen atoms in total. The molecule has 1 aromatic carbocycles. The maximum Gasteiger partial charge on any atom is 0.149 e. The van der Waals surface area contributed by atoms with Gasteiger partial charge in [-0.1, -0.05) is 6.07 Å². The molecule has 1 heterocycles. The van der Waals surface area contributed by atoms with Gasteiger partial charge >= 0.3 is 0 Å². The van der Waals surface area contributed by atoms with Crippen molar-refractivity contribution in [2.45, 2.75) is 6.42 Å². The van der Waals surface area contributed by atoms with E-state index in [9.17, 15) is 8.78 Å². The summed E-state index contributed by atoms with van der Waals surface area (Å²) in [6, 6.07) is 4.02. The summed E-state index contributed by atoms with van der Waals surface area (Å²) in [4.78, 5) is 1.80. The van der Waals surface area contributed by atoms with Gasteiger partial charge in [-0.05, 0) is 38.1 Å². The normalized spacial score (nSPS) is 20.4. The van der Waals surface area contributed by atoms with Crippen molar-refractivity contribution in [1.29, 1.82) is 0 Å². The van der Waals surface area contributed by atoms with Crippen LogP contribution in [0.15, 0.2) is 18.2 Å². The number of rotatable bonds is 3. The molecule has 0 aromatic heterocycles. The summed E-state index contributed by atoms with van der Waals surface area (Å²) in [6.07, 6.45) is 0.981. The van der Waals surface area contributed by atoms with Crippen LogP contribution in [0.5, 0.6) is 0 Å². The molecule has 0 bridgehead atoms. The highest BCUT2D eigenvalue weighted by Crippen LogP contribution is 2.28. The van der Waals surface area contributed by atoms with Gasteiger partial charge in [-0.15, -0.1) is 0 Å². The van der Waals surface area contributed by atoms with E-state index in [0.29, 0.717) is 5.92 Å². The molecule has 0 radical (unpaired) electrons. The maximum absolute atomic E-state index is 13.5. The van der Waals surface area contributed by atoms with E-state index < -0.39 is 11.6 Å². The van der Waals surface area contributed by atoms with Crippen LogP contribution in [0.25, 0.3) is 0 Å². The molecule has 1 saturated heterocycles. The Morgan fingerprint density at radius 3 is 2.69 bits per heavy atom. The molecule has 0 aliphatic carbocycles. The average molecular weight is 226 g/mol. The summed E-state index contributed by atoms with van der Waals surface area (Å²) >= 11 is 0. The van der Waals surface area contributed by atoms with Gasteiger partial charge < -0.3 is 10.2 Å². The molecule has 1 unspecified atom stereocenters. The zero-order valence-corrected chi connectivity index (χ0v) is 9.34. The van der Waals surface area contributed by atoms with Crippen molar-refractivity contribution in [2.24, 2.45) is 5.92 Å². The molecular formula is C12H16F2N2. The molecule has 0 spiro atoms. The van der Waals surface area contributed by atoms with Crippen molar-refractivity contribution in [3.63, 3.8) is 0 Å². The molecule has 1 aromatic rings. The number of hydrogen-bond donors (Lipinski definition) is 1. The van der Waals surface area contributed by atoms with Crippen molar-refractivity contribution in [3.8, 4) is 0 Å². The molecule has 1 atom stereocenters. The fourth-order valence-corrected chi connectivity index (χ4v) is 2.28. The van der Waals surface area contributed by atoms with Crippen LogP contribution in [0.3, 0.4) is 0 Å². The van der Waals surface area contributed by atoms with Gasteiger partial charge in [0.15, 0.2) is 0 Å². The molecule has 2 rings (SSSR count). The summed E-state index contributed by atoms with van der Waals surface area (Å²) < 4.78 is 27.0. The molecule has 0 amide bonds. The Kier molecular flexibility index (Phi) is 3.39. The van der Waals surface area contributed by atoms with Crippen LogP contribution < -0.4 is 10.2 Å². The SMILES string of the molecule is CNCC1CCN(c2c(F)cccc2F)C1. The Labute approximate surface area is 94.3 Å². The summed E-state index contributed by atoms with van der Waals surface area (Å²) in [5.74, 6) is -0.459. The van der Waals surface area contributed by atoms with Crippen LogP contribution in [0, 0.1) is 17.6 Å². The zero-order chi connectivity index (χ0) is 11.5. The van der Waals surface area contributed by atoms with Crippen LogP contribution >= 0.6 is 0 Å². The standard InChI is InChI=1S/C12H16F2N2/c1-15-7-9-5-6-16(8-9)12-10(13)3-2-4-11(12)14/h2-4,9,15H,5-8H2,1H3. The Balaban J connectivity index is 2.14. The van der Waals surface area contributed by atoms with E-state index in [1.165, 1.54) is 18.2 Å². The predicted molar refractivity (Wildman–Crippen MR) is 60.6 cm³/mol. The molecule has 1 N–H and O–H groups in total. The zero-order valence-electron chi connectivity index (χ0n) is 9.34. The van der Waals surface area contributed by atoms with E-state index in [4.69, 9.17) is 0 Å². The van der Waals surface area contributed by atoms with Crippen molar-refractivity contribution < 1.29 is 8.78 Å². The van der Waals surface area contributed by atoms with E-state index in [1.54, 1.807) is 4.90 Å². The van der Waals surface area contributed by atoms with E-state index in [1.807, 2.05) is 7.05 Å². The van der Waals surface area contributed by atoms with Crippen LogP contribution in [-0.2, 0) is 0 Å². The van der Waals surface area contributed by atoms with E-state index >= 15 is 0 Å². The lowest BCUT2D eigenvalue weighted by Gasteiger charge is -2.19. The highest BCUT2D eigenvalue weighted by molar-refractivity contribution is 5.50. The van der Waals surface area contributed by atoms with Crippen molar-refractivity contribution >= 4 is 5.69 Å². The number of benzene rings is 1. The lowest BCUT2D eigenvalue weighted by atomic mass is 10.1. The second-order valence-corrected chi connectivity index (χ2v) is 4.23. The van der Waals surface area contributed by atoms with Gasteiger partial charge in [0.1, 0.15) is 17.3 Å². The minimum Gasteiger partial charge on any atom is -0.366 e. The number of halogens is 2. The first-order valence-corrected chi connectivity index (χ1v) is 5.56. The largest absolute Gasteiger partial charge is 0.366 e. The number of nitrogens with zero attached hydrogens (tertiary/aromatic N) is 1. The monoisotopic (exact) mass is 226 g/mol. The van der Waals surface area contributed by atoms with Gasteiger partial charge in [0.05, 0.1) is 0 Å². The third-order valence-corrected chi connectivity index (χ3v) is 3.03. The molecule has 16 heavy (non-hydrogen) atoms. The predicted octanol–water partition coefficient (Wildman–Crippen LogP) is 2.01. The number of hydrogen-bond acceptors (Lipinski definition) is 2. The van der Waals surface area contributed by atoms with Gasteiger partial charge in [-0.2, -0.15) is 0 Å². The average Bonchev–Trinajstić information content (AvgIpc) is 2.67. The Morgan fingerprint density at radius 1 is 1.38 bits per heavy atom. The van der Waals surface area contributed by atoms with Gasteiger partial charge in [0.25, 0.3) is 0 Å². The summed E-state index contributed by atoms with van der Waals surface area (Å²) in [5.41, 5.74) is 0.126. The highest BCUT2D eigenvalue weighted by Gasteiger charge is 2.25. The lowest BCUT2D eigenvalue weighted by molar-refractivity contribution is 0.544. The smallest absolute Gasteiger partial charge is 0.149 e. The third kappa shape index (κ3) is 2.16. The van der Waals surface area contributed by atoms with E-state index in [-0.39, 0.29) is 5.69 Å². The minimum absolute atomic E-state index is 0.126. The fourth-order valence-electron chi connectivity index (χ4n) is 2.28. The summed E-state index contributed by atoms with van der Waals surface area (Å²) in [5, 5.41) is 3.10. The van der Waals surface area contributed by atoms with Gasteiger partial charge in [-0.25, -0.2) is 8.78 Å². The third-order valence-electron chi connectivity index (χ3n) is 3.03. The molecule has 1 aliphatic heterocycles. The maximum atomic E-state index is 13.5. The Morgan fingerprint density at radius 2 is 2.06 bits per heavy atom. The van der Waals surface area contributed by atoms with Crippen LogP contribution in [0.2, 0.25) is 0 Å². The molecular weight excluding hydrogens is 210 g/mol. The molecule has 1 aliphatic rings. The Bertz CT molecular complexity index is 348. The fraction of sp³-hybridized carbons (Fsp3) is 0.500. The topological polar surface area (TPSA) is 15.3 Å². The van der Waals surface area contributed by atoms with Crippen LogP contribution in [0.4, 0.5) is 14.5 Å². The first kappa shape index (κ1) is 11.3. The first-order valence-electron chi connectivity index (χ1n) is 5.56.